The molecule has 0 unspecified atom stereocenters. The lowest BCUT2D eigenvalue weighted by molar-refractivity contribution is -0.132. The van der Waals surface area contributed by atoms with Crippen LogP contribution in [0, 0.1) is 0 Å². The van der Waals surface area contributed by atoms with Gasteiger partial charge in [-0.3, -0.25) is 9.59 Å². The van der Waals surface area contributed by atoms with Gasteiger partial charge in [0, 0.05) is 18.7 Å². The van der Waals surface area contributed by atoms with Crippen molar-refractivity contribution in [3.63, 3.8) is 0 Å². The summed E-state index contributed by atoms with van der Waals surface area (Å²) in [5.74, 6) is 0.580. The minimum atomic E-state index is -0.0318. The normalized spacial score (nSPS) is 9.94. The molecule has 0 bridgehead atoms. The molecule has 0 aromatic heterocycles. The molecule has 98 valence electrons. The standard InChI is InChI=1S/C14H19NO3/c1-4-15(5-2)14(17)10-18-13-8-6-12(7-9-13)11(3)16/h6-9H,4-5,10H2,1-3H3. The molecule has 1 aromatic carbocycles. The summed E-state index contributed by atoms with van der Waals surface area (Å²) in [6.45, 7) is 6.77. The number of rotatable bonds is 6. The molecule has 0 fully saturated rings. The summed E-state index contributed by atoms with van der Waals surface area (Å²) in [6, 6.07) is 6.79. The molecular formula is C14H19NO3. The van der Waals surface area contributed by atoms with Crippen molar-refractivity contribution >= 4 is 11.7 Å². The molecule has 1 amide bonds. The molecule has 0 saturated heterocycles. The number of nitrogens with zero attached hydrogens (tertiary/aromatic N) is 1. The number of benzene rings is 1. The number of Topliss-reactive ketones (excluding diaryl/α,β-unsaturated/α-hetero) is 1. The van der Waals surface area contributed by atoms with E-state index in [-0.39, 0.29) is 18.3 Å². The van der Waals surface area contributed by atoms with Gasteiger partial charge in [-0.1, -0.05) is 0 Å². The maximum atomic E-state index is 11.7. The average Bonchev–Trinajstić information content (AvgIpc) is 2.38. The number of hydrogen-bond donors (Lipinski definition) is 0. The van der Waals surface area contributed by atoms with E-state index in [1.807, 2.05) is 13.8 Å². The zero-order valence-electron chi connectivity index (χ0n) is 11.1. The van der Waals surface area contributed by atoms with Gasteiger partial charge in [-0.05, 0) is 45.0 Å². The fourth-order valence-corrected chi connectivity index (χ4v) is 1.60. The third-order valence-electron chi connectivity index (χ3n) is 2.74. The van der Waals surface area contributed by atoms with Crippen LogP contribution in [-0.4, -0.2) is 36.3 Å². The lowest BCUT2D eigenvalue weighted by atomic mass is 10.1. The minimum absolute atomic E-state index is 0.0146. The highest BCUT2D eigenvalue weighted by atomic mass is 16.5. The molecule has 0 aliphatic carbocycles. The second-order valence-electron chi connectivity index (χ2n) is 3.94. The largest absolute Gasteiger partial charge is 0.484 e. The molecular weight excluding hydrogens is 230 g/mol. The molecule has 1 rings (SSSR count). The Morgan fingerprint density at radius 1 is 1.11 bits per heavy atom. The average molecular weight is 249 g/mol. The quantitative estimate of drug-likeness (QED) is 0.726. The van der Waals surface area contributed by atoms with Crippen LogP contribution in [0.2, 0.25) is 0 Å². The predicted molar refractivity (Wildman–Crippen MR) is 69.9 cm³/mol. The van der Waals surface area contributed by atoms with Crippen molar-refractivity contribution < 1.29 is 14.3 Å². The Bertz CT molecular complexity index is 408. The maximum Gasteiger partial charge on any atom is 0.260 e. The fraction of sp³-hybridized carbons (Fsp3) is 0.429. The number of ketones is 1. The Balaban J connectivity index is 2.53. The van der Waals surface area contributed by atoms with Crippen LogP contribution in [0.15, 0.2) is 24.3 Å². The van der Waals surface area contributed by atoms with Gasteiger partial charge in [0.15, 0.2) is 12.4 Å². The first kappa shape index (κ1) is 14.2. The van der Waals surface area contributed by atoms with E-state index in [0.29, 0.717) is 24.4 Å². The highest BCUT2D eigenvalue weighted by Gasteiger charge is 2.10. The molecule has 0 heterocycles. The monoisotopic (exact) mass is 249 g/mol. The smallest absolute Gasteiger partial charge is 0.260 e. The van der Waals surface area contributed by atoms with Crippen molar-refractivity contribution in [3.05, 3.63) is 29.8 Å². The van der Waals surface area contributed by atoms with Gasteiger partial charge in [-0.25, -0.2) is 0 Å². The van der Waals surface area contributed by atoms with Crippen LogP contribution in [0.3, 0.4) is 0 Å². The SMILES string of the molecule is CCN(CC)C(=O)COc1ccc(C(C)=O)cc1. The van der Waals surface area contributed by atoms with Gasteiger partial charge >= 0.3 is 0 Å². The third-order valence-corrected chi connectivity index (χ3v) is 2.74. The molecule has 4 heteroatoms. The summed E-state index contributed by atoms with van der Waals surface area (Å²) < 4.78 is 5.38. The van der Waals surface area contributed by atoms with Crippen LogP contribution in [0.25, 0.3) is 0 Å². The Hall–Kier alpha value is -1.84. The van der Waals surface area contributed by atoms with E-state index in [2.05, 4.69) is 0 Å². The van der Waals surface area contributed by atoms with Gasteiger partial charge in [-0.15, -0.1) is 0 Å². The Morgan fingerprint density at radius 3 is 2.11 bits per heavy atom. The van der Waals surface area contributed by atoms with Crippen LogP contribution >= 0.6 is 0 Å². The second kappa shape index (κ2) is 6.79. The molecule has 0 saturated carbocycles. The summed E-state index contributed by atoms with van der Waals surface area (Å²) in [7, 11) is 0. The molecule has 4 nitrogen and oxygen atoms in total. The van der Waals surface area contributed by atoms with Crippen LogP contribution in [0.5, 0.6) is 5.75 Å². The van der Waals surface area contributed by atoms with Crippen molar-refractivity contribution in [1.82, 2.24) is 4.90 Å². The van der Waals surface area contributed by atoms with Gasteiger partial charge in [-0.2, -0.15) is 0 Å². The minimum Gasteiger partial charge on any atom is -0.484 e. The van der Waals surface area contributed by atoms with E-state index in [4.69, 9.17) is 4.74 Å². The Labute approximate surface area is 108 Å². The van der Waals surface area contributed by atoms with E-state index in [1.54, 1.807) is 29.2 Å². The van der Waals surface area contributed by atoms with Crippen LogP contribution < -0.4 is 4.74 Å². The zero-order chi connectivity index (χ0) is 13.5. The van der Waals surface area contributed by atoms with Gasteiger partial charge in [0.2, 0.25) is 0 Å². The number of hydrogen-bond acceptors (Lipinski definition) is 3. The fourth-order valence-electron chi connectivity index (χ4n) is 1.60. The highest BCUT2D eigenvalue weighted by molar-refractivity contribution is 5.94. The summed E-state index contributed by atoms with van der Waals surface area (Å²) >= 11 is 0. The molecule has 0 spiro atoms. The highest BCUT2D eigenvalue weighted by Crippen LogP contribution is 2.12. The van der Waals surface area contributed by atoms with Crippen LogP contribution in [-0.2, 0) is 4.79 Å². The molecule has 0 aliphatic rings. The van der Waals surface area contributed by atoms with Crippen LogP contribution in [0.1, 0.15) is 31.1 Å². The number of carbonyl (C=O) groups excluding carboxylic acids is 2. The van der Waals surface area contributed by atoms with Gasteiger partial charge in [0.25, 0.3) is 5.91 Å². The van der Waals surface area contributed by atoms with E-state index in [9.17, 15) is 9.59 Å². The first-order valence-corrected chi connectivity index (χ1v) is 6.10. The maximum absolute atomic E-state index is 11.7. The van der Waals surface area contributed by atoms with E-state index in [1.165, 1.54) is 6.92 Å². The molecule has 0 N–H and O–H groups in total. The second-order valence-corrected chi connectivity index (χ2v) is 3.94. The summed E-state index contributed by atoms with van der Waals surface area (Å²) in [5.41, 5.74) is 0.636. The zero-order valence-corrected chi connectivity index (χ0v) is 11.1. The van der Waals surface area contributed by atoms with Crippen molar-refractivity contribution in [2.75, 3.05) is 19.7 Å². The summed E-state index contributed by atoms with van der Waals surface area (Å²) in [4.78, 5) is 24.5. The number of likely N-dealkylation sites (N-methyl/N-ethyl adjacent to an activating group) is 1. The molecule has 0 radical (unpaired) electrons. The Morgan fingerprint density at radius 2 is 1.67 bits per heavy atom. The number of amides is 1. The molecule has 0 aliphatic heterocycles. The lowest BCUT2D eigenvalue weighted by Crippen LogP contribution is -2.34. The Kier molecular flexibility index (Phi) is 5.36. The van der Waals surface area contributed by atoms with Crippen LogP contribution in [0.4, 0.5) is 0 Å². The first-order valence-electron chi connectivity index (χ1n) is 6.10. The van der Waals surface area contributed by atoms with Gasteiger partial charge in [0.05, 0.1) is 0 Å². The van der Waals surface area contributed by atoms with Crippen molar-refractivity contribution in [3.8, 4) is 5.75 Å². The van der Waals surface area contributed by atoms with Gasteiger partial charge < -0.3 is 9.64 Å². The van der Waals surface area contributed by atoms with E-state index >= 15 is 0 Å². The number of ether oxygens (including phenoxy) is 1. The molecule has 0 atom stereocenters. The van der Waals surface area contributed by atoms with Gasteiger partial charge in [0.1, 0.15) is 5.75 Å². The third kappa shape index (κ3) is 3.87. The molecule has 18 heavy (non-hydrogen) atoms. The van der Waals surface area contributed by atoms with Crippen molar-refractivity contribution in [2.24, 2.45) is 0 Å². The summed E-state index contributed by atoms with van der Waals surface area (Å²) in [5, 5.41) is 0. The summed E-state index contributed by atoms with van der Waals surface area (Å²) in [6.07, 6.45) is 0. The predicted octanol–water partition coefficient (Wildman–Crippen LogP) is 2.14. The van der Waals surface area contributed by atoms with Crippen molar-refractivity contribution in [2.45, 2.75) is 20.8 Å². The topological polar surface area (TPSA) is 46.6 Å². The lowest BCUT2D eigenvalue weighted by Gasteiger charge is -2.18. The van der Waals surface area contributed by atoms with E-state index < -0.39 is 0 Å². The number of carbonyl (C=O) groups is 2. The first-order chi connectivity index (χ1) is 8.58. The molecule has 1 aromatic rings. The van der Waals surface area contributed by atoms with E-state index in [0.717, 1.165) is 0 Å². The van der Waals surface area contributed by atoms with Crippen molar-refractivity contribution in [1.29, 1.82) is 0 Å².